The lowest BCUT2D eigenvalue weighted by Crippen LogP contribution is -2.00. The molecule has 6 heteroatoms. The molecule has 0 saturated heterocycles. The Morgan fingerprint density at radius 1 is 1.14 bits per heavy atom. The van der Waals surface area contributed by atoms with Crippen molar-refractivity contribution in [3.63, 3.8) is 0 Å². The highest BCUT2D eigenvalue weighted by molar-refractivity contribution is 5.41. The van der Waals surface area contributed by atoms with E-state index in [0.717, 1.165) is 11.4 Å². The van der Waals surface area contributed by atoms with E-state index >= 15 is 0 Å². The Hall–Kier alpha value is -1.98. The predicted molar refractivity (Wildman–Crippen MR) is 49.1 cm³/mol. The van der Waals surface area contributed by atoms with Crippen LogP contribution in [0.1, 0.15) is 11.4 Å². The zero-order valence-electron chi connectivity index (χ0n) is 7.85. The summed E-state index contributed by atoms with van der Waals surface area (Å²) in [6, 6.07) is 1.89. The zero-order valence-corrected chi connectivity index (χ0v) is 7.85. The molecule has 6 nitrogen and oxygen atoms in total. The summed E-state index contributed by atoms with van der Waals surface area (Å²) in [5.41, 5.74) is 1.78. The van der Waals surface area contributed by atoms with Crippen LogP contribution in [0, 0.1) is 13.8 Å². The molecule has 2 aromatic rings. The Bertz CT molecular complexity index is 405. The molecule has 0 radical (unpaired) electrons. The maximum Gasteiger partial charge on any atom is 0.270 e. The van der Waals surface area contributed by atoms with E-state index in [1.807, 2.05) is 19.9 Å². The van der Waals surface area contributed by atoms with Gasteiger partial charge in [0.15, 0.2) is 0 Å². The number of rotatable bonds is 2. The summed E-state index contributed by atoms with van der Waals surface area (Å²) in [4.78, 5) is 12.1. The highest BCUT2D eigenvalue weighted by Crippen LogP contribution is 2.08. The van der Waals surface area contributed by atoms with Crippen LogP contribution in [0.25, 0.3) is 0 Å². The van der Waals surface area contributed by atoms with Gasteiger partial charge in [0.05, 0.1) is 0 Å². The third kappa shape index (κ3) is 1.85. The monoisotopic (exact) mass is 191 g/mol. The average Bonchev–Trinajstić information content (AvgIpc) is 2.54. The second kappa shape index (κ2) is 3.41. The molecule has 2 rings (SSSR count). The van der Waals surface area contributed by atoms with Crippen LogP contribution < -0.4 is 5.32 Å². The summed E-state index contributed by atoms with van der Waals surface area (Å²) in [5.74, 6) is 0.832. The Morgan fingerprint density at radius 2 is 1.86 bits per heavy atom. The van der Waals surface area contributed by atoms with Gasteiger partial charge in [0.1, 0.15) is 0 Å². The topological polar surface area (TPSA) is 76.7 Å². The van der Waals surface area contributed by atoms with Crippen molar-refractivity contribution >= 4 is 11.9 Å². The van der Waals surface area contributed by atoms with Gasteiger partial charge >= 0.3 is 0 Å². The van der Waals surface area contributed by atoms with Gasteiger partial charge in [-0.3, -0.25) is 5.32 Å². The van der Waals surface area contributed by atoms with Crippen LogP contribution in [0.2, 0.25) is 0 Å². The van der Waals surface area contributed by atoms with Gasteiger partial charge in [0.2, 0.25) is 12.3 Å². The summed E-state index contributed by atoms with van der Waals surface area (Å²) < 4.78 is 4.57. The molecule has 0 atom stereocenters. The number of hydrogen-bond donors (Lipinski definition) is 1. The van der Waals surface area contributed by atoms with E-state index in [9.17, 15) is 0 Å². The van der Waals surface area contributed by atoms with E-state index in [1.54, 1.807) is 0 Å². The van der Waals surface area contributed by atoms with Crippen LogP contribution in [0.4, 0.5) is 11.9 Å². The second-order valence-corrected chi connectivity index (χ2v) is 2.85. The van der Waals surface area contributed by atoms with Gasteiger partial charge in [0, 0.05) is 11.4 Å². The van der Waals surface area contributed by atoms with Crippen LogP contribution in [0.3, 0.4) is 0 Å². The first-order chi connectivity index (χ1) is 6.74. The van der Waals surface area contributed by atoms with Gasteiger partial charge in [-0.05, 0) is 25.1 Å². The molecule has 0 aliphatic carbocycles. The highest BCUT2D eigenvalue weighted by atomic mass is 16.5. The molecule has 2 heterocycles. The molecule has 0 aromatic carbocycles. The maximum atomic E-state index is 4.57. The summed E-state index contributed by atoms with van der Waals surface area (Å²) in [7, 11) is 0. The normalized spacial score (nSPS) is 10.1. The fraction of sp³-hybridized carbons (Fsp3) is 0.250. The number of aryl methyl sites for hydroxylation is 2. The summed E-state index contributed by atoms with van der Waals surface area (Å²) >= 11 is 0. The molecule has 14 heavy (non-hydrogen) atoms. The van der Waals surface area contributed by atoms with E-state index in [4.69, 9.17) is 0 Å². The number of anilines is 2. The van der Waals surface area contributed by atoms with Crippen LogP contribution in [-0.2, 0) is 0 Å². The molecule has 0 fully saturated rings. The van der Waals surface area contributed by atoms with Gasteiger partial charge in [-0.2, -0.15) is 4.98 Å². The molecule has 0 aliphatic heterocycles. The van der Waals surface area contributed by atoms with Crippen molar-refractivity contribution in [3.05, 3.63) is 23.8 Å². The second-order valence-electron chi connectivity index (χ2n) is 2.85. The van der Waals surface area contributed by atoms with Crippen molar-refractivity contribution < 1.29 is 4.52 Å². The van der Waals surface area contributed by atoms with Crippen molar-refractivity contribution in [1.29, 1.82) is 0 Å². The molecule has 72 valence electrons. The number of nitrogens with zero attached hydrogens (tertiary/aromatic N) is 4. The van der Waals surface area contributed by atoms with Crippen molar-refractivity contribution in [2.45, 2.75) is 13.8 Å². The van der Waals surface area contributed by atoms with Gasteiger partial charge in [0.25, 0.3) is 5.95 Å². The van der Waals surface area contributed by atoms with Crippen LogP contribution in [-0.4, -0.2) is 20.1 Å². The Morgan fingerprint density at radius 3 is 2.43 bits per heavy atom. The fourth-order valence-corrected chi connectivity index (χ4v) is 1.11. The van der Waals surface area contributed by atoms with Crippen LogP contribution in [0.15, 0.2) is 17.0 Å². The van der Waals surface area contributed by atoms with E-state index in [0.29, 0.717) is 11.9 Å². The lowest BCUT2D eigenvalue weighted by molar-refractivity contribution is 0.419. The first-order valence-electron chi connectivity index (χ1n) is 4.10. The lowest BCUT2D eigenvalue weighted by Gasteiger charge is -2.01. The molecule has 0 spiro atoms. The lowest BCUT2D eigenvalue weighted by atomic mass is 10.4. The molecule has 0 aliphatic rings. The standard InChI is InChI=1S/C8H9N5O/c1-5-3-6(2)11-8(10-5)12-7-9-4-14-13-7/h3-4H,1-2H3,(H,10,11,12,13). The largest absolute Gasteiger partial charge is 0.341 e. The van der Waals surface area contributed by atoms with Crippen molar-refractivity contribution in [2.75, 3.05) is 5.32 Å². The van der Waals surface area contributed by atoms with E-state index < -0.39 is 0 Å². The quantitative estimate of drug-likeness (QED) is 0.769. The Labute approximate surface area is 80.4 Å². The van der Waals surface area contributed by atoms with E-state index in [2.05, 4.69) is 29.9 Å². The smallest absolute Gasteiger partial charge is 0.270 e. The molecule has 0 saturated carbocycles. The minimum Gasteiger partial charge on any atom is -0.341 e. The molecule has 2 aromatic heterocycles. The minimum atomic E-state index is 0.356. The SMILES string of the molecule is Cc1cc(C)nc(Nc2ncon2)n1. The maximum absolute atomic E-state index is 4.57. The minimum absolute atomic E-state index is 0.356. The number of nitrogens with one attached hydrogen (secondary N) is 1. The van der Waals surface area contributed by atoms with E-state index in [-0.39, 0.29) is 0 Å². The first kappa shape index (κ1) is 8.61. The Kier molecular flexibility index (Phi) is 2.10. The van der Waals surface area contributed by atoms with Gasteiger partial charge in [-0.15, -0.1) is 0 Å². The fourth-order valence-electron chi connectivity index (χ4n) is 1.11. The van der Waals surface area contributed by atoms with Gasteiger partial charge < -0.3 is 4.52 Å². The molecule has 0 amide bonds. The number of aromatic nitrogens is 4. The molecular weight excluding hydrogens is 182 g/mol. The summed E-state index contributed by atoms with van der Waals surface area (Å²) in [6.45, 7) is 3.80. The van der Waals surface area contributed by atoms with Crippen LogP contribution >= 0.6 is 0 Å². The molecule has 0 bridgehead atoms. The molecule has 0 unspecified atom stereocenters. The third-order valence-electron chi connectivity index (χ3n) is 1.57. The van der Waals surface area contributed by atoms with Crippen molar-refractivity contribution in [3.8, 4) is 0 Å². The van der Waals surface area contributed by atoms with Gasteiger partial charge in [-0.25, -0.2) is 9.97 Å². The van der Waals surface area contributed by atoms with E-state index in [1.165, 1.54) is 6.39 Å². The van der Waals surface area contributed by atoms with Gasteiger partial charge in [-0.1, -0.05) is 0 Å². The molecule has 1 N–H and O–H groups in total. The highest BCUT2D eigenvalue weighted by Gasteiger charge is 2.02. The van der Waals surface area contributed by atoms with Crippen LogP contribution in [0.5, 0.6) is 0 Å². The molecular formula is C8H9N5O. The predicted octanol–water partition coefficient (Wildman–Crippen LogP) is 1.22. The first-order valence-corrected chi connectivity index (χ1v) is 4.10. The summed E-state index contributed by atoms with van der Waals surface area (Å²) in [6.07, 6.45) is 1.24. The third-order valence-corrected chi connectivity index (χ3v) is 1.57. The Balaban J connectivity index is 2.25. The van der Waals surface area contributed by atoms with Crippen molar-refractivity contribution in [2.24, 2.45) is 0 Å². The average molecular weight is 191 g/mol. The summed E-state index contributed by atoms with van der Waals surface area (Å²) in [5, 5.41) is 6.42. The van der Waals surface area contributed by atoms with Crippen molar-refractivity contribution in [1.82, 2.24) is 20.1 Å². The number of hydrogen-bond acceptors (Lipinski definition) is 6. The zero-order chi connectivity index (χ0) is 9.97.